The van der Waals surface area contributed by atoms with Crippen molar-refractivity contribution in [2.75, 3.05) is 11.9 Å². The lowest BCUT2D eigenvalue weighted by Crippen LogP contribution is -2.06. The maximum Gasteiger partial charge on any atom is 0.101 e. The molecule has 0 aromatic heterocycles. The van der Waals surface area contributed by atoms with Crippen LogP contribution in [-0.4, -0.2) is 6.54 Å². The molecule has 19 heavy (non-hydrogen) atoms. The van der Waals surface area contributed by atoms with Crippen molar-refractivity contribution in [3.63, 3.8) is 0 Å². The topological polar surface area (TPSA) is 35.8 Å². The Morgan fingerprint density at radius 2 is 1.74 bits per heavy atom. The molecule has 2 heteroatoms. The van der Waals surface area contributed by atoms with Crippen LogP contribution in [0.25, 0.3) is 0 Å². The Morgan fingerprint density at radius 3 is 2.47 bits per heavy atom. The van der Waals surface area contributed by atoms with E-state index in [1.165, 1.54) is 5.56 Å². The van der Waals surface area contributed by atoms with Gasteiger partial charge in [-0.1, -0.05) is 49.4 Å². The highest BCUT2D eigenvalue weighted by atomic mass is 14.9. The second-order valence-corrected chi connectivity index (χ2v) is 4.68. The van der Waals surface area contributed by atoms with Gasteiger partial charge in [0.1, 0.15) is 6.07 Å². The van der Waals surface area contributed by atoms with E-state index in [0.717, 1.165) is 18.7 Å². The molecule has 0 saturated carbocycles. The highest BCUT2D eigenvalue weighted by Crippen LogP contribution is 2.19. The lowest BCUT2D eigenvalue weighted by atomic mass is 9.98. The number of benzene rings is 2. The lowest BCUT2D eigenvalue weighted by molar-refractivity contribution is 0.706. The van der Waals surface area contributed by atoms with Crippen LogP contribution in [0, 0.1) is 11.3 Å². The summed E-state index contributed by atoms with van der Waals surface area (Å²) in [5, 5.41) is 12.4. The summed E-state index contributed by atoms with van der Waals surface area (Å²) in [7, 11) is 0. The Kier molecular flexibility index (Phi) is 4.58. The van der Waals surface area contributed by atoms with Crippen molar-refractivity contribution in [3.8, 4) is 6.07 Å². The average Bonchev–Trinajstić information content (AvgIpc) is 2.48. The van der Waals surface area contributed by atoms with Crippen LogP contribution in [-0.2, 0) is 0 Å². The number of nitrogens with zero attached hydrogens (tertiary/aromatic N) is 1. The summed E-state index contributed by atoms with van der Waals surface area (Å²) in [6.45, 7) is 3.10. The number of nitrogens with one attached hydrogen (secondary N) is 1. The van der Waals surface area contributed by atoms with Crippen molar-refractivity contribution in [2.45, 2.75) is 19.3 Å². The molecule has 2 nitrogen and oxygen atoms in total. The number of para-hydroxylation sites is 1. The van der Waals surface area contributed by atoms with E-state index in [1.807, 2.05) is 30.3 Å². The molecule has 0 fully saturated rings. The van der Waals surface area contributed by atoms with Crippen LogP contribution in [0.2, 0.25) is 0 Å². The first-order chi connectivity index (χ1) is 9.31. The summed E-state index contributed by atoms with van der Waals surface area (Å²) in [6.07, 6.45) is 1.05. The molecule has 0 spiro atoms. The minimum atomic E-state index is 0.517. The number of nitriles is 1. The van der Waals surface area contributed by atoms with E-state index in [1.54, 1.807) is 0 Å². The first kappa shape index (κ1) is 13.2. The Balaban J connectivity index is 1.89. The zero-order valence-corrected chi connectivity index (χ0v) is 11.1. The Labute approximate surface area is 114 Å². The van der Waals surface area contributed by atoms with Gasteiger partial charge in [-0.3, -0.25) is 0 Å². The van der Waals surface area contributed by atoms with E-state index >= 15 is 0 Å². The van der Waals surface area contributed by atoms with Gasteiger partial charge in [-0.05, 0) is 30.0 Å². The van der Waals surface area contributed by atoms with Crippen molar-refractivity contribution in [2.24, 2.45) is 0 Å². The summed E-state index contributed by atoms with van der Waals surface area (Å²) in [5.74, 6) is 0.517. The van der Waals surface area contributed by atoms with Gasteiger partial charge in [0.05, 0.1) is 11.3 Å². The third-order valence-electron chi connectivity index (χ3n) is 3.31. The Morgan fingerprint density at radius 1 is 1.05 bits per heavy atom. The van der Waals surface area contributed by atoms with Crippen LogP contribution >= 0.6 is 0 Å². The van der Waals surface area contributed by atoms with Gasteiger partial charge >= 0.3 is 0 Å². The molecular formula is C17H18N2. The Bertz CT molecular complexity index is 555. The summed E-state index contributed by atoms with van der Waals surface area (Å²) in [5.41, 5.74) is 2.98. The first-order valence-corrected chi connectivity index (χ1v) is 6.59. The second-order valence-electron chi connectivity index (χ2n) is 4.68. The molecule has 0 amide bonds. The number of hydrogen-bond donors (Lipinski definition) is 1. The minimum Gasteiger partial charge on any atom is -0.384 e. The van der Waals surface area contributed by atoms with E-state index in [9.17, 15) is 0 Å². The molecule has 0 aliphatic carbocycles. The summed E-state index contributed by atoms with van der Waals surface area (Å²) in [6, 6.07) is 20.3. The minimum absolute atomic E-state index is 0.517. The molecule has 1 atom stereocenters. The first-order valence-electron chi connectivity index (χ1n) is 6.59. The fraction of sp³-hybridized carbons (Fsp3) is 0.235. The van der Waals surface area contributed by atoms with Crippen LogP contribution < -0.4 is 5.32 Å². The van der Waals surface area contributed by atoms with E-state index < -0.39 is 0 Å². The van der Waals surface area contributed by atoms with Gasteiger partial charge in [-0.15, -0.1) is 0 Å². The second kappa shape index (κ2) is 6.61. The van der Waals surface area contributed by atoms with E-state index in [4.69, 9.17) is 5.26 Å². The van der Waals surface area contributed by atoms with Crippen LogP contribution in [0.4, 0.5) is 5.69 Å². The molecule has 1 unspecified atom stereocenters. The standard InChI is InChI=1S/C17H18N2/c1-14(15-7-3-2-4-8-15)11-12-19-17-10-6-5-9-16(17)13-18/h2-10,14,19H,11-12H2,1H3. The van der Waals surface area contributed by atoms with E-state index in [0.29, 0.717) is 11.5 Å². The van der Waals surface area contributed by atoms with E-state index in [-0.39, 0.29) is 0 Å². The predicted molar refractivity (Wildman–Crippen MR) is 79.1 cm³/mol. The molecule has 0 bridgehead atoms. The quantitative estimate of drug-likeness (QED) is 0.864. The van der Waals surface area contributed by atoms with Crippen molar-refractivity contribution in [1.29, 1.82) is 5.26 Å². The fourth-order valence-electron chi connectivity index (χ4n) is 2.11. The van der Waals surface area contributed by atoms with Gasteiger partial charge in [0, 0.05) is 6.54 Å². The number of hydrogen-bond acceptors (Lipinski definition) is 2. The molecule has 0 aliphatic heterocycles. The number of anilines is 1. The van der Waals surface area contributed by atoms with Crippen molar-refractivity contribution < 1.29 is 0 Å². The normalized spacial score (nSPS) is 11.6. The van der Waals surface area contributed by atoms with E-state index in [2.05, 4.69) is 42.6 Å². The maximum absolute atomic E-state index is 9.01. The Hall–Kier alpha value is -2.27. The van der Waals surface area contributed by atoms with Gasteiger partial charge in [0.15, 0.2) is 0 Å². The summed E-state index contributed by atoms with van der Waals surface area (Å²) >= 11 is 0. The lowest BCUT2D eigenvalue weighted by Gasteiger charge is -2.13. The molecule has 2 aromatic rings. The van der Waals surface area contributed by atoms with Gasteiger partial charge in [0.25, 0.3) is 0 Å². The average molecular weight is 250 g/mol. The zero-order chi connectivity index (χ0) is 13.5. The van der Waals surface area contributed by atoms with Gasteiger partial charge < -0.3 is 5.32 Å². The number of rotatable bonds is 5. The summed E-state index contributed by atoms with van der Waals surface area (Å²) < 4.78 is 0. The predicted octanol–water partition coefficient (Wildman–Crippen LogP) is 4.16. The third-order valence-corrected chi connectivity index (χ3v) is 3.31. The highest BCUT2D eigenvalue weighted by Gasteiger charge is 2.05. The molecule has 0 radical (unpaired) electrons. The van der Waals surface area contributed by atoms with Gasteiger partial charge in [0.2, 0.25) is 0 Å². The molecule has 2 aromatic carbocycles. The maximum atomic E-state index is 9.01. The third kappa shape index (κ3) is 3.59. The molecule has 0 aliphatic rings. The molecule has 1 N–H and O–H groups in total. The molecule has 2 rings (SSSR count). The van der Waals surface area contributed by atoms with Gasteiger partial charge in [-0.2, -0.15) is 5.26 Å². The van der Waals surface area contributed by atoms with Crippen molar-refractivity contribution >= 4 is 5.69 Å². The summed E-state index contributed by atoms with van der Waals surface area (Å²) in [4.78, 5) is 0. The molecule has 0 heterocycles. The molecule has 96 valence electrons. The van der Waals surface area contributed by atoms with Crippen LogP contribution in [0.15, 0.2) is 54.6 Å². The van der Waals surface area contributed by atoms with Crippen LogP contribution in [0.1, 0.15) is 30.4 Å². The van der Waals surface area contributed by atoms with Gasteiger partial charge in [-0.25, -0.2) is 0 Å². The van der Waals surface area contributed by atoms with Crippen LogP contribution in [0.3, 0.4) is 0 Å². The zero-order valence-electron chi connectivity index (χ0n) is 11.1. The largest absolute Gasteiger partial charge is 0.384 e. The molecule has 0 saturated heterocycles. The van der Waals surface area contributed by atoms with Crippen LogP contribution in [0.5, 0.6) is 0 Å². The fourth-order valence-corrected chi connectivity index (χ4v) is 2.11. The SMILES string of the molecule is CC(CCNc1ccccc1C#N)c1ccccc1. The smallest absolute Gasteiger partial charge is 0.101 e. The highest BCUT2D eigenvalue weighted by molar-refractivity contribution is 5.57. The monoisotopic (exact) mass is 250 g/mol. The van der Waals surface area contributed by atoms with Crippen molar-refractivity contribution in [1.82, 2.24) is 0 Å². The molecular weight excluding hydrogens is 232 g/mol. The van der Waals surface area contributed by atoms with Crippen molar-refractivity contribution in [3.05, 3.63) is 65.7 Å².